The molecule has 0 bridgehead atoms. The summed E-state index contributed by atoms with van der Waals surface area (Å²) in [5.41, 5.74) is 5.14. The van der Waals surface area contributed by atoms with Crippen LogP contribution >= 0.6 is 0 Å². The Morgan fingerprint density at radius 1 is 0.829 bits per heavy atom. The van der Waals surface area contributed by atoms with Gasteiger partial charge in [0.1, 0.15) is 5.75 Å². The Kier molecular flexibility index (Phi) is 9.88. The molecule has 2 atom stereocenters. The van der Waals surface area contributed by atoms with Gasteiger partial charge in [-0.1, -0.05) is 66.7 Å². The first kappa shape index (κ1) is 29.9. The fourth-order valence-corrected chi connectivity index (χ4v) is 5.37. The van der Waals surface area contributed by atoms with Gasteiger partial charge in [0.15, 0.2) is 11.5 Å². The smallest absolute Gasteiger partial charge is 0.229 e. The summed E-state index contributed by atoms with van der Waals surface area (Å²) in [5.74, 6) is 1.06. The zero-order chi connectivity index (χ0) is 29.4. The van der Waals surface area contributed by atoms with Crippen LogP contribution in [-0.2, 0) is 22.9 Å². The third-order valence-corrected chi connectivity index (χ3v) is 7.35. The van der Waals surface area contributed by atoms with Gasteiger partial charge in [-0.05, 0) is 64.9 Å². The van der Waals surface area contributed by atoms with E-state index in [1.54, 1.807) is 20.3 Å². The highest BCUT2D eigenvalue weighted by Gasteiger charge is 2.19. The number of rotatable bonds is 13. The monoisotopic (exact) mass is 576 g/mol. The number of aliphatic hydroxyl groups is 1. The molecule has 0 saturated carbocycles. The van der Waals surface area contributed by atoms with E-state index in [-0.39, 0.29) is 30.4 Å². The van der Waals surface area contributed by atoms with Crippen LogP contribution in [0.2, 0.25) is 0 Å². The maximum absolute atomic E-state index is 11.7. The fourth-order valence-electron chi connectivity index (χ4n) is 4.81. The van der Waals surface area contributed by atoms with Gasteiger partial charge in [0, 0.05) is 12.6 Å². The van der Waals surface area contributed by atoms with E-state index in [0.29, 0.717) is 23.5 Å². The van der Waals surface area contributed by atoms with Crippen LogP contribution in [0.3, 0.4) is 0 Å². The number of ether oxygens (including phenoxy) is 2. The van der Waals surface area contributed by atoms with E-state index in [1.165, 1.54) is 12.1 Å². The average molecular weight is 577 g/mol. The van der Waals surface area contributed by atoms with E-state index in [2.05, 4.69) is 34.3 Å². The Hall–Kier alpha value is -4.05. The number of aliphatic hydroxyl groups excluding tert-OH is 1. The molecule has 0 amide bonds. The normalized spacial score (nSPS) is 12.9. The minimum atomic E-state index is -3.57. The molecule has 9 heteroatoms. The molecule has 4 aromatic rings. The fraction of sp³-hybridized carbons (Fsp3) is 0.250. The quantitative estimate of drug-likeness (QED) is 0.167. The van der Waals surface area contributed by atoms with Crippen LogP contribution < -0.4 is 19.5 Å². The minimum absolute atomic E-state index is 0.0749. The summed E-state index contributed by atoms with van der Waals surface area (Å²) < 4.78 is 36.6. The molecule has 0 radical (unpaired) electrons. The van der Waals surface area contributed by atoms with E-state index >= 15 is 0 Å². The molecule has 0 saturated heterocycles. The number of aromatic hydroxyl groups is 1. The second kappa shape index (κ2) is 13.5. The molecule has 0 fully saturated rings. The zero-order valence-electron chi connectivity index (χ0n) is 23.4. The summed E-state index contributed by atoms with van der Waals surface area (Å²) in [7, 11) is -0.368. The molecule has 0 aliphatic rings. The van der Waals surface area contributed by atoms with Gasteiger partial charge in [-0.15, -0.1) is 0 Å². The predicted octanol–water partition coefficient (Wildman–Crippen LogP) is 4.92. The molecule has 4 rings (SSSR count). The summed E-state index contributed by atoms with van der Waals surface area (Å²) in [6.07, 6.45) is 1.14. The Morgan fingerprint density at radius 3 is 2.24 bits per heavy atom. The molecule has 0 heterocycles. The number of nitrogens with one attached hydrogen (secondary N) is 2. The molecule has 0 spiro atoms. The highest BCUT2D eigenvalue weighted by molar-refractivity contribution is 7.92. The number of phenolic OH excluding ortho intramolecular Hbond substituents is 1. The number of hydrogen-bond acceptors (Lipinski definition) is 7. The van der Waals surface area contributed by atoms with Crippen LogP contribution in [0.4, 0.5) is 5.69 Å². The molecule has 41 heavy (non-hydrogen) atoms. The van der Waals surface area contributed by atoms with Crippen LogP contribution in [0.15, 0.2) is 91.0 Å². The zero-order valence-corrected chi connectivity index (χ0v) is 24.2. The lowest BCUT2D eigenvalue weighted by molar-refractivity contribution is 0.167. The van der Waals surface area contributed by atoms with Gasteiger partial charge in [-0.3, -0.25) is 4.72 Å². The number of phenols is 1. The van der Waals surface area contributed by atoms with Gasteiger partial charge in [0.05, 0.1) is 32.3 Å². The third kappa shape index (κ3) is 8.23. The SMILES string of the molecule is COc1ccc([C@@H](Cc2ccccc2-c2ccccc2)NCC(O)Cc2ccc(O)c(NS(C)(=O)=O)c2)cc1OC. The lowest BCUT2D eigenvalue weighted by Gasteiger charge is -2.24. The van der Waals surface area contributed by atoms with Crippen molar-refractivity contribution >= 4 is 15.7 Å². The number of anilines is 1. The van der Waals surface area contributed by atoms with Crippen molar-refractivity contribution in [2.75, 3.05) is 31.7 Å². The van der Waals surface area contributed by atoms with E-state index in [0.717, 1.165) is 28.5 Å². The summed E-state index contributed by atoms with van der Waals surface area (Å²) >= 11 is 0. The first-order valence-electron chi connectivity index (χ1n) is 13.2. The largest absolute Gasteiger partial charge is 0.506 e. The van der Waals surface area contributed by atoms with Crippen molar-refractivity contribution in [3.8, 4) is 28.4 Å². The van der Waals surface area contributed by atoms with Crippen LogP contribution in [0.1, 0.15) is 22.7 Å². The first-order valence-corrected chi connectivity index (χ1v) is 15.1. The van der Waals surface area contributed by atoms with Crippen molar-refractivity contribution in [3.63, 3.8) is 0 Å². The highest BCUT2D eigenvalue weighted by Crippen LogP contribution is 2.33. The van der Waals surface area contributed by atoms with E-state index in [1.807, 2.05) is 48.5 Å². The van der Waals surface area contributed by atoms with Crippen LogP contribution in [-0.4, -0.2) is 51.8 Å². The molecule has 4 aromatic carbocycles. The maximum atomic E-state index is 11.7. The number of sulfonamides is 1. The summed E-state index contributed by atoms with van der Waals surface area (Å²) in [6, 6.07) is 28.7. The first-order chi connectivity index (χ1) is 19.7. The molecule has 1 unspecified atom stereocenters. The number of methoxy groups -OCH3 is 2. The Labute approximate surface area is 241 Å². The van der Waals surface area contributed by atoms with Crippen LogP contribution in [0.25, 0.3) is 11.1 Å². The lowest BCUT2D eigenvalue weighted by Crippen LogP contribution is -2.33. The molecular weight excluding hydrogens is 540 g/mol. The van der Waals surface area contributed by atoms with E-state index < -0.39 is 16.1 Å². The number of benzene rings is 4. The van der Waals surface area contributed by atoms with Crippen molar-refractivity contribution < 1.29 is 28.1 Å². The van der Waals surface area contributed by atoms with Crippen molar-refractivity contribution in [2.24, 2.45) is 0 Å². The lowest BCUT2D eigenvalue weighted by atomic mass is 9.92. The predicted molar refractivity (Wildman–Crippen MR) is 162 cm³/mol. The summed E-state index contributed by atoms with van der Waals surface area (Å²) in [6.45, 7) is 0.266. The van der Waals surface area contributed by atoms with Crippen molar-refractivity contribution in [2.45, 2.75) is 25.0 Å². The maximum Gasteiger partial charge on any atom is 0.229 e. The summed E-state index contributed by atoms with van der Waals surface area (Å²) in [5, 5.41) is 24.5. The summed E-state index contributed by atoms with van der Waals surface area (Å²) in [4.78, 5) is 0. The Bertz CT molecular complexity index is 1560. The van der Waals surface area contributed by atoms with Crippen molar-refractivity contribution in [3.05, 3.63) is 108 Å². The molecule has 0 aliphatic heterocycles. The molecule has 4 N–H and O–H groups in total. The van der Waals surface area contributed by atoms with Crippen LogP contribution in [0, 0.1) is 0 Å². The molecule has 8 nitrogen and oxygen atoms in total. The van der Waals surface area contributed by atoms with Crippen LogP contribution in [0.5, 0.6) is 17.2 Å². The molecule has 0 aromatic heterocycles. The van der Waals surface area contributed by atoms with Gasteiger partial charge < -0.3 is 25.0 Å². The molecule has 216 valence electrons. The Balaban J connectivity index is 1.57. The molecular formula is C32H36N2O6S. The number of hydrogen-bond donors (Lipinski definition) is 4. The van der Waals surface area contributed by atoms with Gasteiger partial charge in [-0.2, -0.15) is 0 Å². The molecule has 0 aliphatic carbocycles. The van der Waals surface area contributed by atoms with Gasteiger partial charge >= 0.3 is 0 Å². The third-order valence-electron chi connectivity index (χ3n) is 6.76. The second-order valence-electron chi connectivity index (χ2n) is 9.89. The topological polar surface area (TPSA) is 117 Å². The van der Waals surface area contributed by atoms with Crippen molar-refractivity contribution in [1.29, 1.82) is 0 Å². The standard InChI is InChI=1S/C32H36N2O6S/c1-39-31-16-14-25(20-32(31)40-2)28(19-24-11-7-8-12-27(24)23-9-5-4-6-10-23)33-21-26(35)17-22-13-15-30(36)29(18-22)34-41(3,37)38/h4-16,18,20,26,28,33-36H,17,19,21H2,1-3H3/t26?,28-/m1/s1. The Morgan fingerprint density at radius 2 is 1.54 bits per heavy atom. The second-order valence-corrected chi connectivity index (χ2v) is 11.6. The van der Waals surface area contributed by atoms with Gasteiger partial charge in [-0.25, -0.2) is 8.42 Å². The van der Waals surface area contributed by atoms with E-state index in [4.69, 9.17) is 9.47 Å². The highest BCUT2D eigenvalue weighted by atomic mass is 32.2. The minimum Gasteiger partial charge on any atom is -0.506 e. The van der Waals surface area contributed by atoms with Gasteiger partial charge in [0.2, 0.25) is 10.0 Å². The average Bonchev–Trinajstić information content (AvgIpc) is 2.96. The van der Waals surface area contributed by atoms with Gasteiger partial charge in [0.25, 0.3) is 0 Å². The van der Waals surface area contributed by atoms with E-state index in [9.17, 15) is 18.6 Å². The van der Waals surface area contributed by atoms with Crippen molar-refractivity contribution in [1.82, 2.24) is 5.32 Å².